The number of hydrogen-bond acceptors (Lipinski definition) is 7. The molecule has 8 nitrogen and oxygen atoms in total. The Bertz CT molecular complexity index is 899. The fourth-order valence-electron chi connectivity index (χ4n) is 2.96. The Hall–Kier alpha value is -3.10. The Morgan fingerprint density at radius 1 is 1.23 bits per heavy atom. The summed E-state index contributed by atoms with van der Waals surface area (Å²) >= 11 is 0. The quantitative estimate of drug-likeness (QED) is 0.385. The molecule has 0 radical (unpaired) electrons. The summed E-state index contributed by atoms with van der Waals surface area (Å²) in [4.78, 5) is 17.1. The maximum absolute atomic E-state index is 12.7. The van der Waals surface area contributed by atoms with Crippen molar-refractivity contribution in [3.63, 3.8) is 0 Å². The number of carbonyl (C=O) groups is 1. The lowest BCUT2D eigenvalue weighted by molar-refractivity contribution is 0.102. The number of nitrogens with zero attached hydrogens (tertiary/aromatic N) is 1. The predicted octanol–water partition coefficient (Wildman–Crippen LogP) is 2.66. The zero-order chi connectivity index (χ0) is 22.6. The van der Waals surface area contributed by atoms with Gasteiger partial charge in [0, 0.05) is 31.4 Å². The van der Waals surface area contributed by atoms with Crippen LogP contribution in [-0.4, -0.2) is 56.5 Å². The number of ether oxygens (including phenoxy) is 2. The van der Waals surface area contributed by atoms with Gasteiger partial charge in [0.05, 0.1) is 31.2 Å². The molecule has 0 aliphatic rings. The number of nitrogens with one attached hydrogen (secondary N) is 3. The van der Waals surface area contributed by atoms with E-state index in [1.807, 2.05) is 20.0 Å². The van der Waals surface area contributed by atoms with Crippen molar-refractivity contribution in [1.82, 2.24) is 15.6 Å². The average Bonchev–Trinajstić information content (AvgIpc) is 2.80. The van der Waals surface area contributed by atoms with Gasteiger partial charge in [-0.3, -0.25) is 4.79 Å². The Morgan fingerprint density at radius 2 is 2.03 bits per heavy atom. The second kappa shape index (κ2) is 12.6. The highest BCUT2D eigenvalue weighted by atomic mass is 16.5. The normalized spacial score (nSPS) is 11.5. The first-order valence-electron chi connectivity index (χ1n) is 10.3. The average molecular weight is 429 g/mol. The number of aliphatic hydroxyl groups is 1. The highest BCUT2D eigenvalue weighted by Gasteiger charge is 2.15. The summed E-state index contributed by atoms with van der Waals surface area (Å²) in [6.07, 6.45) is 2.43. The van der Waals surface area contributed by atoms with Gasteiger partial charge in [-0.05, 0) is 43.2 Å². The highest BCUT2D eigenvalue weighted by Crippen LogP contribution is 2.28. The molecule has 0 aliphatic carbocycles. The first-order valence-corrected chi connectivity index (χ1v) is 10.3. The molecular weight excluding hydrogens is 396 g/mol. The van der Waals surface area contributed by atoms with Crippen LogP contribution < -0.4 is 25.4 Å². The summed E-state index contributed by atoms with van der Waals surface area (Å²) in [5.74, 6) is 0.835. The van der Waals surface area contributed by atoms with E-state index in [0.29, 0.717) is 42.6 Å². The molecule has 0 bridgehead atoms. The smallest absolute Gasteiger partial charge is 0.255 e. The molecule has 0 saturated heterocycles. The molecule has 31 heavy (non-hydrogen) atoms. The lowest BCUT2D eigenvalue weighted by Crippen LogP contribution is -2.24. The minimum Gasteiger partial charge on any atom is -0.497 e. The van der Waals surface area contributed by atoms with E-state index in [1.165, 1.54) is 0 Å². The standard InChI is InChI=1S/C23H32N4O4/c1-5-16(2)21(24-3)20-14-18(15-26-23(20)31-12-10-25-9-11-28)27-22(29)17-7-6-8-19(13-17)30-4/h6-8,13-15,24-25,28H,5,9-12H2,1-4H3,(H,27,29)/b21-16+. The fraction of sp³-hybridized carbons (Fsp3) is 0.391. The van der Waals surface area contributed by atoms with Gasteiger partial charge in [-0.25, -0.2) is 4.98 Å². The van der Waals surface area contributed by atoms with E-state index < -0.39 is 0 Å². The van der Waals surface area contributed by atoms with Crippen LogP contribution in [0, 0.1) is 0 Å². The van der Waals surface area contributed by atoms with Crippen molar-refractivity contribution in [3.8, 4) is 11.6 Å². The Labute approximate surface area is 183 Å². The molecule has 1 heterocycles. The number of allylic oxidation sites excluding steroid dienone is 1. The van der Waals surface area contributed by atoms with Crippen molar-refractivity contribution < 1.29 is 19.4 Å². The summed E-state index contributed by atoms with van der Waals surface area (Å²) in [6, 6.07) is 8.82. The zero-order valence-corrected chi connectivity index (χ0v) is 18.6. The van der Waals surface area contributed by atoms with Crippen LogP contribution in [0.4, 0.5) is 5.69 Å². The molecule has 0 spiro atoms. The van der Waals surface area contributed by atoms with Crippen LogP contribution in [0.15, 0.2) is 42.1 Å². The molecule has 2 rings (SSSR count). The van der Waals surface area contributed by atoms with Gasteiger partial charge in [-0.15, -0.1) is 0 Å². The first-order chi connectivity index (χ1) is 15.0. The first kappa shape index (κ1) is 24.2. The van der Waals surface area contributed by atoms with E-state index in [4.69, 9.17) is 14.6 Å². The highest BCUT2D eigenvalue weighted by molar-refractivity contribution is 6.04. The number of aliphatic hydroxyl groups excluding tert-OH is 1. The molecule has 0 atom stereocenters. The van der Waals surface area contributed by atoms with Gasteiger partial charge in [0.25, 0.3) is 5.91 Å². The number of methoxy groups -OCH3 is 1. The maximum Gasteiger partial charge on any atom is 0.255 e. The van der Waals surface area contributed by atoms with Crippen molar-refractivity contribution in [1.29, 1.82) is 0 Å². The number of pyridine rings is 1. The summed E-state index contributed by atoms with van der Waals surface area (Å²) < 4.78 is 11.1. The van der Waals surface area contributed by atoms with E-state index in [9.17, 15) is 4.79 Å². The third-order valence-corrected chi connectivity index (χ3v) is 4.72. The third-order valence-electron chi connectivity index (χ3n) is 4.72. The third kappa shape index (κ3) is 6.97. The largest absolute Gasteiger partial charge is 0.497 e. The monoisotopic (exact) mass is 428 g/mol. The molecule has 0 fully saturated rings. The van der Waals surface area contributed by atoms with Crippen LogP contribution in [-0.2, 0) is 0 Å². The summed E-state index contributed by atoms with van der Waals surface area (Å²) in [6.45, 7) is 5.69. The van der Waals surface area contributed by atoms with E-state index in [1.54, 1.807) is 37.6 Å². The van der Waals surface area contributed by atoms with Gasteiger partial charge in [0.15, 0.2) is 0 Å². The molecule has 4 N–H and O–H groups in total. The van der Waals surface area contributed by atoms with Gasteiger partial charge >= 0.3 is 0 Å². The van der Waals surface area contributed by atoms with Crippen molar-refractivity contribution in [2.75, 3.05) is 45.8 Å². The van der Waals surface area contributed by atoms with Crippen molar-refractivity contribution in [2.24, 2.45) is 0 Å². The number of rotatable bonds is 12. The minimum atomic E-state index is -0.254. The molecule has 1 aromatic carbocycles. The van der Waals surface area contributed by atoms with E-state index in [2.05, 4.69) is 27.9 Å². The molecule has 0 aliphatic heterocycles. The molecule has 1 amide bonds. The summed E-state index contributed by atoms with van der Waals surface area (Å²) in [7, 11) is 3.41. The minimum absolute atomic E-state index is 0.0769. The molecule has 1 aromatic heterocycles. The number of anilines is 1. The molecule has 168 valence electrons. The predicted molar refractivity (Wildman–Crippen MR) is 123 cm³/mol. The molecular formula is C23H32N4O4. The zero-order valence-electron chi connectivity index (χ0n) is 18.6. The lowest BCUT2D eigenvalue weighted by atomic mass is 10.1. The Kier molecular flexibility index (Phi) is 9.80. The Balaban J connectivity index is 2.28. The SMILES string of the molecule is CC/C(C)=C(/NC)c1cc(NC(=O)c2cccc(OC)c2)cnc1OCCNCCO. The Morgan fingerprint density at radius 3 is 2.71 bits per heavy atom. The van der Waals surface area contributed by atoms with Crippen LogP contribution in [0.2, 0.25) is 0 Å². The van der Waals surface area contributed by atoms with Crippen LogP contribution in [0.25, 0.3) is 5.70 Å². The number of hydrogen-bond donors (Lipinski definition) is 4. The van der Waals surface area contributed by atoms with Crippen LogP contribution in [0.3, 0.4) is 0 Å². The lowest BCUT2D eigenvalue weighted by Gasteiger charge is -2.17. The molecule has 2 aromatic rings. The summed E-state index contributed by atoms with van der Waals surface area (Å²) in [5.41, 5.74) is 3.87. The van der Waals surface area contributed by atoms with Gasteiger partial charge in [0.1, 0.15) is 12.4 Å². The maximum atomic E-state index is 12.7. The number of benzene rings is 1. The van der Waals surface area contributed by atoms with Crippen molar-refractivity contribution in [3.05, 3.63) is 53.2 Å². The molecule has 0 saturated carbocycles. The topological polar surface area (TPSA) is 105 Å². The van der Waals surface area contributed by atoms with Crippen LogP contribution >= 0.6 is 0 Å². The van der Waals surface area contributed by atoms with Crippen molar-refractivity contribution >= 4 is 17.3 Å². The molecule has 8 heteroatoms. The van der Waals surface area contributed by atoms with Gasteiger partial charge in [-0.2, -0.15) is 0 Å². The van der Waals surface area contributed by atoms with Crippen molar-refractivity contribution in [2.45, 2.75) is 20.3 Å². The van der Waals surface area contributed by atoms with E-state index in [0.717, 1.165) is 23.3 Å². The second-order valence-corrected chi connectivity index (χ2v) is 6.84. The second-order valence-electron chi connectivity index (χ2n) is 6.84. The van der Waals surface area contributed by atoms with Gasteiger partial charge in [0.2, 0.25) is 5.88 Å². The number of aromatic nitrogens is 1. The van der Waals surface area contributed by atoms with Crippen LogP contribution in [0.1, 0.15) is 36.2 Å². The number of carbonyl (C=O) groups excluding carboxylic acids is 1. The number of amides is 1. The van der Waals surface area contributed by atoms with E-state index in [-0.39, 0.29) is 12.5 Å². The van der Waals surface area contributed by atoms with Crippen LogP contribution in [0.5, 0.6) is 11.6 Å². The van der Waals surface area contributed by atoms with E-state index >= 15 is 0 Å². The summed E-state index contributed by atoms with van der Waals surface area (Å²) in [5, 5.41) is 18.1. The fourth-order valence-corrected chi connectivity index (χ4v) is 2.96. The van der Waals surface area contributed by atoms with Gasteiger partial charge < -0.3 is 30.5 Å². The van der Waals surface area contributed by atoms with Gasteiger partial charge in [-0.1, -0.05) is 13.0 Å². The molecule has 0 unspecified atom stereocenters.